The number of nitrogens with zero attached hydrogens (tertiary/aromatic N) is 1. The van der Waals surface area contributed by atoms with Crippen LogP contribution in [0.1, 0.15) is 33.1 Å². The number of hydrogen-bond acceptors (Lipinski definition) is 3. The van der Waals surface area contributed by atoms with E-state index in [1.807, 2.05) is 13.8 Å². The summed E-state index contributed by atoms with van der Waals surface area (Å²) in [7, 11) is 0. The highest BCUT2D eigenvalue weighted by Gasteiger charge is 2.21. The Hall–Kier alpha value is -1.10. The molecule has 98 valence electrons. The Balaban J connectivity index is 2.29. The van der Waals surface area contributed by atoms with E-state index in [-0.39, 0.29) is 24.4 Å². The van der Waals surface area contributed by atoms with Gasteiger partial charge in [-0.3, -0.25) is 9.59 Å². The number of nitrogens with one attached hydrogen (secondary N) is 2. The average molecular weight is 241 g/mol. The van der Waals surface area contributed by atoms with Crippen molar-refractivity contribution in [3.63, 3.8) is 0 Å². The van der Waals surface area contributed by atoms with Gasteiger partial charge in [-0.1, -0.05) is 6.42 Å². The second-order valence-corrected chi connectivity index (χ2v) is 4.29. The summed E-state index contributed by atoms with van der Waals surface area (Å²) in [6, 6.07) is -0.117. The van der Waals surface area contributed by atoms with E-state index < -0.39 is 0 Å². The van der Waals surface area contributed by atoms with Gasteiger partial charge in [0.15, 0.2) is 0 Å². The van der Waals surface area contributed by atoms with Crippen LogP contribution in [0, 0.1) is 0 Å². The van der Waals surface area contributed by atoms with Gasteiger partial charge in [0.2, 0.25) is 11.8 Å². The lowest BCUT2D eigenvalue weighted by atomic mass is 10.0. The Morgan fingerprint density at radius 3 is 2.53 bits per heavy atom. The molecule has 1 heterocycles. The van der Waals surface area contributed by atoms with Crippen LogP contribution < -0.4 is 10.6 Å². The van der Waals surface area contributed by atoms with E-state index in [9.17, 15) is 9.59 Å². The monoisotopic (exact) mass is 241 g/mol. The van der Waals surface area contributed by atoms with Gasteiger partial charge in [-0.15, -0.1) is 0 Å². The molecule has 1 aliphatic rings. The topological polar surface area (TPSA) is 61.4 Å². The molecule has 0 aromatic carbocycles. The van der Waals surface area contributed by atoms with Crippen molar-refractivity contribution in [2.45, 2.75) is 39.2 Å². The SMILES string of the molecule is CCN(CC)C(=O)CNC(=O)[C@H]1CCCCN1. The highest BCUT2D eigenvalue weighted by molar-refractivity contribution is 5.87. The average Bonchev–Trinajstić information content (AvgIpc) is 2.38. The van der Waals surface area contributed by atoms with Crippen molar-refractivity contribution >= 4 is 11.8 Å². The molecule has 0 unspecified atom stereocenters. The fraction of sp³-hybridized carbons (Fsp3) is 0.833. The van der Waals surface area contributed by atoms with E-state index >= 15 is 0 Å². The molecule has 0 aromatic heterocycles. The van der Waals surface area contributed by atoms with Crippen molar-refractivity contribution < 1.29 is 9.59 Å². The zero-order valence-corrected chi connectivity index (χ0v) is 10.8. The van der Waals surface area contributed by atoms with Crippen molar-refractivity contribution in [3.8, 4) is 0 Å². The molecular weight excluding hydrogens is 218 g/mol. The number of likely N-dealkylation sites (N-methyl/N-ethyl adjacent to an activating group) is 1. The van der Waals surface area contributed by atoms with Gasteiger partial charge >= 0.3 is 0 Å². The molecule has 0 radical (unpaired) electrons. The predicted molar refractivity (Wildman–Crippen MR) is 66.6 cm³/mol. The lowest BCUT2D eigenvalue weighted by molar-refractivity contribution is -0.133. The van der Waals surface area contributed by atoms with Gasteiger partial charge in [-0.05, 0) is 33.2 Å². The third kappa shape index (κ3) is 4.34. The smallest absolute Gasteiger partial charge is 0.241 e. The predicted octanol–water partition coefficient (Wildman–Crippen LogP) is 0.113. The molecule has 1 saturated heterocycles. The molecule has 1 rings (SSSR count). The van der Waals surface area contributed by atoms with Gasteiger partial charge in [-0.2, -0.15) is 0 Å². The van der Waals surface area contributed by atoms with Gasteiger partial charge in [0, 0.05) is 13.1 Å². The van der Waals surface area contributed by atoms with E-state index in [1.54, 1.807) is 4.90 Å². The minimum atomic E-state index is -0.117. The Morgan fingerprint density at radius 1 is 1.29 bits per heavy atom. The van der Waals surface area contributed by atoms with Gasteiger partial charge in [0.05, 0.1) is 12.6 Å². The number of carbonyl (C=O) groups excluding carboxylic acids is 2. The van der Waals surface area contributed by atoms with Crippen LogP contribution >= 0.6 is 0 Å². The van der Waals surface area contributed by atoms with Crippen LogP contribution in [0.4, 0.5) is 0 Å². The van der Waals surface area contributed by atoms with E-state index in [0.717, 1.165) is 25.8 Å². The van der Waals surface area contributed by atoms with Crippen molar-refractivity contribution in [2.24, 2.45) is 0 Å². The molecule has 0 aromatic rings. The number of carbonyl (C=O) groups is 2. The normalized spacial score (nSPS) is 19.8. The van der Waals surface area contributed by atoms with Gasteiger partial charge in [0.1, 0.15) is 0 Å². The summed E-state index contributed by atoms with van der Waals surface area (Å²) in [5, 5.41) is 5.87. The molecular formula is C12H23N3O2. The van der Waals surface area contributed by atoms with E-state index in [1.165, 1.54) is 0 Å². The van der Waals surface area contributed by atoms with Crippen LogP contribution in [-0.4, -0.2) is 48.9 Å². The first kappa shape index (κ1) is 14.0. The first-order valence-corrected chi connectivity index (χ1v) is 6.47. The molecule has 1 fully saturated rings. The van der Waals surface area contributed by atoms with E-state index in [0.29, 0.717) is 13.1 Å². The Morgan fingerprint density at radius 2 is 2.00 bits per heavy atom. The van der Waals surface area contributed by atoms with Crippen LogP contribution in [0.3, 0.4) is 0 Å². The quantitative estimate of drug-likeness (QED) is 0.718. The summed E-state index contributed by atoms with van der Waals surface area (Å²) in [5.74, 6) is -0.0654. The van der Waals surface area contributed by atoms with Gasteiger partial charge in [0.25, 0.3) is 0 Å². The van der Waals surface area contributed by atoms with Crippen LogP contribution in [0.15, 0.2) is 0 Å². The molecule has 17 heavy (non-hydrogen) atoms. The maximum absolute atomic E-state index is 11.8. The Labute approximate surface area is 103 Å². The lowest BCUT2D eigenvalue weighted by Gasteiger charge is -2.23. The second kappa shape index (κ2) is 7.27. The zero-order valence-electron chi connectivity index (χ0n) is 10.8. The first-order chi connectivity index (χ1) is 8.19. The van der Waals surface area contributed by atoms with Crippen LogP contribution in [-0.2, 0) is 9.59 Å². The molecule has 2 amide bonds. The van der Waals surface area contributed by atoms with Crippen LogP contribution in [0.2, 0.25) is 0 Å². The molecule has 0 aliphatic carbocycles. The molecule has 5 nitrogen and oxygen atoms in total. The third-order valence-corrected chi connectivity index (χ3v) is 3.16. The van der Waals surface area contributed by atoms with Gasteiger partial charge < -0.3 is 15.5 Å². The molecule has 1 atom stereocenters. The molecule has 0 spiro atoms. The number of piperidine rings is 1. The van der Waals surface area contributed by atoms with Crippen LogP contribution in [0.5, 0.6) is 0 Å². The fourth-order valence-corrected chi connectivity index (χ4v) is 2.05. The minimum absolute atomic E-state index is 0.0147. The lowest BCUT2D eigenvalue weighted by Crippen LogP contribution is -2.49. The standard InChI is InChI=1S/C12H23N3O2/c1-3-15(4-2)11(16)9-14-12(17)10-7-5-6-8-13-10/h10,13H,3-9H2,1-2H3,(H,14,17)/t10-/m1/s1. The molecule has 1 aliphatic heterocycles. The summed E-state index contributed by atoms with van der Waals surface area (Å²) in [6.45, 7) is 6.25. The second-order valence-electron chi connectivity index (χ2n) is 4.29. The minimum Gasteiger partial charge on any atom is -0.346 e. The maximum atomic E-state index is 11.8. The number of amides is 2. The summed E-state index contributed by atoms with van der Waals surface area (Å²) in [4.78, 5) is 25.2. The number of rotatable bonds is 5. The van der Waals surface area contributed by atoms with Crippen LogP contribution in [0.25, 0.3) is 0 Å². The molecule has 5 heteroatoms. The third-order valence-electron chi connectivity index (χ3n) is 3.16. The highest BCUT2D eigenvalue weighted by atomic mass is 16.2. The van der Waals surface area contributed by atoms with Crippen molar-refractivity contribution in [1.82, 2.24) is 15.5 Å². The Bertz CT molecular complexity index is 258. The molecule has 2 N–H and O–H groups in total. The zero-order chi connectivity index (χ0) is 12.7. The van der Waals surface area contributed by atoms with Crippen molar-refractivity contribution in [2.75, 3.05) is 26.2 Å². The number of hydrogen-bond donors (Lipinski definition) is 2. The first-order valence-electron chi connectivity index (χ1n) is 6.47. The van der Waals surface area contributed by atoms with E-state index in [2.05, 4.69) is 10.6 Å². The summed E-state index contributed by atoms with van der Waals surface area (Å²) < 4.78 is 0. The Kier molecular flexibility index (Phi) is 5.97. The summed E-state index contributed by atoms with van der Waals surface area (Å²) in [5.41, 5.74) is 0. The van der Waals surface area contributed by atoms with Crippen molar-refractivity contribution in [1.29, 1.82) is 0 Å². The molecule has 0 bridgehead atoms. The largest absolute Gasteiger partial charge is 0.346 e. The highest BCUT2D eigenvalue weighted by Crippen LogP contribution is 2.06. The summed E-state index contributed by atoms with van der Waals surface area (Å²) >= 11 is 0. The maximum Gasteiger partial charge on any atom is 0.241 e. The van der Waals surface area contributed by atoms with Gasteiger partial charge in [-0.25, -0.2) is 0 Å². The van der Waals surface area contributed by atoms with E-state index in [4.69, 9.17) is 0 Å². The fourth-order valence-electron chi connectivity index (χ4n) is 2.05. The molecule has 0 saturated carbocycles. The summed E-state index contributed by atoms with van der Waals surface area (Å²) in [6.07, 6.45) is 3.07. The van der Waals surface area contributed by atoms with Crippen molar-refractivity contribution in [3.05, 3.63) is 0 Å².